The Morgan fingerprint density at radius 1 is 1.30 bits per heavy atom. The van der Waals surface area contributed by atoms with Gasteiger partial charge in [-0.25, -0.2) is 0 Å². The molecule has 2 aliphatic heterocycles. The molecule has 0 amide bonds. The first-order chi connectivity index (χ1) is 9.85. The summed E-state index contributed by atoms with van der Waals surface area (Å²) in [5.74, 6) is 1.98. The van der Waals surface area contributed by atoms with E-state index in [0.29, 0.717) is 0 Å². The van der Waals surface area contributed by atoms with E-state index in [1.807, 2.05) is 0 Å². The topological polar surface area (TPSA) is 24.5 Å². The van der Waals surface area contributed by atoms with E-state index in [-0.39, 0.29) is 0 Å². The summed E-state index contributed by atoms with van der Waals surface area (Å²) in [4.78, 5) is 2.62. The first-order valence-electron chi connectivity index (χ1n) is 7.96. The molecule has 1 fully saturated rings. The lowest BCUT2D eigenvalue weighted by molar-refractivity contribution is 0.185. The Bertz CT molecular complexity index is 439. The molecule has 0 unspecified atom stereocenters. The Kier molecular flexibility index (Phi) is 4.58. The number of ether oxygens (including phenoxy) is 1. The molecule has 1 saturated heterocycles. The first kappa shape index (κ1) is 13.9. The fourth-order valence-electron chi connectivity index (χ4n) is 3.39. The number of nitrogens with one attached hydrogen (secondary N) is 1. The summed E-state index contributed by atoms with van der Waals surface area (Å²) < 4.78 is 5.57. The van der Waals surface area contributed by atoms with Crippen LogP contribution in [0.5, 0.6) is 5.75 Å². The Labute approximate surface area is 122 Å². The van der Waals surface area contributed by atoms with Crippen molar-refractivity contribution in [3.05, 3.63) is 29.3 Å². The monoisotopic (exact) mass is 274 g/mol. The second kappa shape index (κ2) is 6.59. The van der Waals surface area contributed by atoms with Gasteiger partial charge in [-0.15, -0.1) is 0 Å². The normalized spacial score (nSPS) is 19.9. The van der Waals surface area contributed by atoms with E-state index in [4.69, 9.17) is 4.74 Å². The van der Waals surface area contributed by atoms with Crippen LogP contribution in [0.15, 0.2) is 18.2 Å². The molecule has 3 heteroatoms. The Morgan fingerprint density at radius 3 is 2.95 bits per heavy atom. The van der Waals surface area contributed by atoms with Gasteiger partial charge < -0.3 is 15.0 Å². The summed E-state index contributed by atoms with van der Waals surface area (Å²) >= 11 is 0. The highest BCUT2D eigenvalue weighted by Crippen LogP contribution is 2.26. The number of likely N-dealkylation sites (tertiary alicyclic amines) is 1. The van der Waals surface area contributed by atoms with Crippen LogP contribution in [0.4, 0.5) is 0 Å². The number of hydrogen-bond donors (Lipinski definition) is 1. The molecule has 2 heterocycles. The Balaban J connectivity index is 1.46. The molecule has 3 nitrogen and oxygen atoms in total. The summed E-state index contributed by atoms with van der Waals surface area (Å²) in [6.07, 6.45) is 4.94. The van der Waals surface area contributed by atoms with E-state index in [1.165, 1.54) is 56.6 Å². The van der Waals surface area contributed by atoms with Crippen LogP contribution in [-0.2, 0) is 12.8 Å². The lowest BCUT2D eigenvalue weighted by Gasteiger charge is -2.31. The lowest BCUT2D eigenvalue weighted by atomic mass is 9.96. The average Bonchev–Trinajstić information content (AvgIpc) is 2.94. The van der Waals surface area contributed by atoms with Gasteiger partial charge in [-0.05, 0) is 69.1 Å². The van der Waals surface area contributed by atoms with Crippen LogP contribution in [0.3, 0.4) is 0 Å². The number of hydrogen-bond acceptors (Lipinski definition) is 3. The summed E-state index contributed by atoms with van der Waals surface area (Å²) in [7, 11) is 2.06. The van der Waals surface area contributed by atoms with Crippen molar-refractivity contribution in [2.75, 3.05) is 39.8 Å². The molecule has 1 aromatic carbocycles. The van der Waals surface area contributed by atoms with Crippen molar-refractivity contribution >= 4 is 0 Å². The molecule has 110 valence electrons. The molecule has 1 N–H and O–H groups in total. The molecule has 20 heavy (non-hydrogen) atoms. The fourth-order valence-corrected chi connectivity index (χ4v) is 3.39. The van der Waals surface area contributed by atoms with E-state index in [9.17, 15) is 0 Å². The van der Waals surface area contributed by atoms with Gasteiger partial charge in [-0.3, -0.25) is 0 Å². The summed E-state index contributed by atoms with van der Waals surface area (Å²) in [6, 6.07) is 6.73. The molecule has 3 rings (SSSR count). The Hall–Kier alpha value is -1.06. The molecular formula is C17H26N2O. The largest absolute Gasteiger partial charge is 0.493 e. The summed E-state index contributed by atoms with van der Waals surface area (Å²) in [5.41, 5.74) is 2.86. The maximum Gasteiger partial charge on any atom is 0.122 e. The van der Waals surface area contributed by atoms with Crippen molar-refractivity contribution in [1.82, 2.24) is 10.2 Å². The van der Waals surface area contributed by atoms with Gasteiger partial charge in [0, 0.05) is 13.0 Å². The maximum absolute atomic E-state index is 5.57. The highest BCUT2D eigenvalue weighted by molar-refractivity contribution is 5.39. The van der Waals surface area contributed by atoms with E-state index >= 15 is 0 Å². The summed E-state index contributed by atoms with van der Waals surface area (Å²) in [6.45, 7) is 5.77. The van der Waals surface area contributed by atoms with Crippen molar-refractivity contribution < 1.29 is 4.74 Å². The molecule has 0 bridgehead atoms. The van der Waals surface area contributed by atoms with Gasteiger partial charge in [-0.1, -0.05) is 12.1 Å². The van der Waals surface area contributed by atoms with Gasteiger partial charge in [0.1, 0.15) is 5.75 Å². The second-order valence-corrected chi connectivity index (χ2v) is 6.13. The molecular weight excluding hydrogens is 248 g/mol. The third kappa shape index (κ3) is 3.33. The quantitative estimate of drug-likeness (QED) is 0.890. The number of benzene rings is 1. The van der Waals surface area contributed by atoms with Crippen molar-refractivity contribution in [3.8, 4) is 5.75 Å². The molecule has 0 radical (unpaired) electrons. The van der Waals surface area contributed by atoms with E-state index in [2.05, 4.69) is 35.5 Å². The van der Waals surface area contributed by atoms with E-state index in [0.717, 1.165) is 24.7 Å². The average molecular weight is 274 g/mol. The van der Waals surface area contributed by atoms with Crippen LogP contribution >= 0.6 is 0 Å². The SMILES string of the molecule is CNCC1CCN(CCc2ccc3c(c2)CCO3)CC1. The molecule has 0 spiro atoms. The molecule has 0 aromatic heterocycles. The van der Waals surface area contributed by atoms with Crippen LogP contribution in [-0.4, -0.2) is 44.7 Å². The van der Waals surface area contributed by atoms with Crippen molar-refractivity contribution in [3.63, 3.8) is 0 Å². The van der Waals surface area contributed by atoms with Gasteiger partial charge in [0.15, 0.2) is 0 Å². The minimum atomic E-state index is 0.859. The number of rotatable bonds is 5. The van der Waals surface area contributed by atoms with Gasteiger partial charge >= 0.3 is 0 Å². The van der Waals surface area contributed by atoms with Crippen LogP contribution < -0.4 is 10.1 Å². The van der Waals surface area contributed by atoms with Crippen LogP contribution in [0.25, 0.3) is 0 Å². The number of piperidine rings is 1. The van der Waals surface area contributed by atoms with Crippen molar-refractivity contribution in [1.29, 1.82) is 0 Å². The number of fused-ring (bicyclic) bond motifs is 1. The molecule has 0 aliphatic carbocycles. The van der Waals surface area contributed by atoms with Crippen molar-refractivity contribution in [2.45, 2.75) is 25.7 Å². The fraction of sp³-hybridized carbons (Fsp3) is 0.647. The van der Waals surface area contributed by atoms with Gasteiger partial charge in [0.2, 0.25) is 0 Å². The second-order valence-electron chi connectivity index (χ2n) is 6.13. The zero-order valence-corrected chi connectivity index (χ0v) is 12.5. The molecule has 2 aliphatic rings. The third-order valence-electron chi connectivity index (χ3n) is 4.67. The predicted octanol–water partition coefficient (Wildman–Crippen LogP) is 2.10. The first-order valence-corrected chi connectivity index (χ1v) is 7.96. The maximum atomic E-state index is 5.57. The summed E-state index contributed by atoms with van der Waals surface area (Å²) in [5, 5.41) is 3.30. The van der Waals surface area contributed by atoms with Crippen LogP contribution in [0.2, 0.25) is 0 Å². The highest BCUT2D eigenvalue weighted by atomic mass is 16.5. The lowest BCUT2D eigenvalue weighted by Crippen LogP contribution is -2.37. The smallest absolute Gasteiger partial charge is 0.122 e. The standard InChI is InChI=1S/C17H26N2O/c1-18-13-15-5-9-19(10-6-15)8-4-14-2-3-17-16(12-14)7-11-20-17/h2-3,12,15,18H,4-11,13H2,1H3. The van der Waals surface area contributed by atoms with Crippen LogP contribution in [0.1, 0.15) is 24.0 Å². The van der Waals surface area contributed by atoms with Gasteiger partial charge in [0.05, 0.1) is 6.61 Å². The van der Waals surface area contributed by atoms with Crippen LogP contribution in [0, 0.1) is 5.92 Å². The highest BCUT2D eigenvalue weighted by Gasteiger charge is 2.18. The van der Waals surface area contributed by atoms with Crippen molar-refractivity contribution in [2.24, 2.45) is 5.92 Å². The predicted molar refractivity (Wildman–Crippen MR) is 82.4 cm³/mol. The molecule has 0 saturated carbocycles. The minimum absolute atomic E-state index is 0.859. The molecule has 1 aromatic rings. The zero-order chi connectivity index (χ0) is 13.8. The molecule has 0 atom stereocenters. The zero-order valence-electron chi connectivity index (χ0n) is 12.5. The van der Waals surface area contributed by atoms with E-state index < -0.39 is 0 Å². The minimum Gasteiger partial charge on any atom is -0.493 e. The van der Waals surface area contributed by atoms with E-state index in [1.54, 1.807) is 0 Å². The van der Waals surface area contributed by atoms with Gasteiger partial charge in [0.25, 0.3) is 0 Å². The third-order valence-corrected chi connectivity index (χ3v) is 4.67. The van der Waals surface area contributed by atoms with Gasteiger partial charge in [-0.2, -0.15) is 0 Å². The number of nitrogens with zero attached hydrogens (tertiary/aromatic N) is 1. The Morgan fingerprint density at radius 2 is 2.15 bits per heavy atom.